The van der Waals surface area contributed by atoms with Gasteiger partial charge in [-0.1, -0.05) is 18.2 Å². The van der Waals surface area contributed by atoms with Gasteiger partial charge in [0.15, 0.2) is 0 Å². The summed E-state index contributed by atoms with van der Waals surface area (Å²) >= 11 is 1.72. The molecule has 1 aliphatic heterocycles. The normalized spacial score (nSPS) is 14.4. The fraction of sp³-hybridized carbons (Fsp3) is 0.444. The molecule has 3 rings (SSSR count). The number of halogens is 2. The third-order valence-electron chi connectivity index (χ3n) is 3.92. The molecule has 140 valence electrons. The molecule has 0 spiro atoms. The lowest BCUT2D eigenvalue weighted by Gasteiger charge is -2.26. The van der Waals surface area contributed by atoms with Gasteiger partial charge in [-0.25, -0.2) is 0 Å². The molecule has 0 bridgehead atoms. The molecule has 0 saturated carbocycles. The highest BCUT2D eigenvalue weighted by Crippen LogP contribution is 2.16. The molecule has 0 unspecified atom stereocenters. The standard InChI is InChI=1S/C18H24N2O2S.2ClH/c1-2-18(23-13-1)15-22-17-5-3-16(4-6-17)14-19-7-8-20-9-11-21-12-10-20;;/h1-6,13,19H,7-12,14-15H2;2*1H/p-2. The zero-order chi connectivity index (χ0) is 15.7. The quantitative estimate of drug-likeness (QED) is 0.470. The van der Waals surface area contributed by atoms with Crippen LogP contribution in [0.2, 0.25) is 0 Å². The van der Waals surface area contributed by atoms with Crippen LogP contribution in [0.5, 0.6) is 5.75 Å². The van der Waals surface area contributed by atoms with Crippen molar-refractivity contribution in [3.8, 4) is 5.75 Å². The maximum Gasteiger partial charge on any atom is 0.122 e. The molecule has 0 aliphatic carbocycles. The van der Waals surface area contributed by atoms with Crippen LogP contribution in [0.25, 0.3) is 0 Å². The van der Waals surface area contributed by atoms with Crippen LogP contribution in [0.4, 0.5) is 0 Å². The van der Waals surface area contributed by atoms with Gasteiger partial charge in [-0.3, -0.25) is 4.90 Å². The summed E-state index contributed by atoms with van der Waals surface area (Å²) in [5.74, 6) is 0.926. The lowest BCUT2D eigenvalue weighted by atomic mass is 10.2. The molecule has 1 aliphatic rings. The van der Waals surface area contributed by atoms with E-state index in [4.69, 9.17) is 9.47 Å². The van der Waals surface area contributed by atoms with Crippen molar-refractivity contribution >= 4 is 11.3 Å². The third-order valence-corrected chi connectivity index (χ3v) is 4.77. The van der Waals surface area contributed by atoms with Crippen LogP contribution in [0.15, 0.2) is 41.8 Å². The molecular formula is C18H24Cl2N2O2S-2. The van der Waals surface area contributed by atoms with Gasteiger partial charge in [0.1, 0.15) is 12.4 Å². The first-order valence-corrected chi connectivity index (χ1v) is 9.03. The number of hydrogen-bond acceptors (Lipinski definition) is 5. The number of benzene rings is 1. The summed E-state index contributed by atoms with van der Waals surface area (Å²) in [4.78, 5) is 3.69. The van der Waals surface area contributed by atoms with E-state index in [-0.39, 0.29) is 24.8 Å². The molecule has 0 atom stereocenters. The molecule has 0 amide bonds. The highest BCUT2D eigenvalue weighted by Gasteiger charge is 2.08. The van der Waals surface area contributed by atoms with Crippen LogP contribution >= 0.6 is 11.3 Å². The monoisotopic (exact) mass is 402 g/mol. The second kappa shape index (κ2) is 12.5. The first kappa shape index (κ1) is 22.2. The van der Waals surface area contributed by atoms with Crippen LogP contribution in [0, 0.1) is 0 Å². The van der Waals surface area contributed by atoms with E-state index < -0.39 is 0 Å². The average molecular weight is 403 g/mol. The first-order chi connectivity index (χ1) is 11.4. The van der Waals surface area contributed by atoms with Crippen LogP contribution in [-0.2, 0) is 17.9 Å². The lowest BCUT2D eigenvalue weighted by molar-refractivity contribution is -0.00100. The van der Waals surface area contributed by atoms with Crippen molar-refractivity contribution in [1.29, 1.82) is 0 Å². The summed E-state index contributed by atoms with van der Waals surface area (Å²) < 4.78 is 11.1. The Morgan fingerprint density at radius 2 is 1.84 bits per heavy atom. The first-order valence-electron chi connectivity index (χ1n) is 8.15. The topological polar surface area (TPSA) is 33.7 Å². The molecule has 1 aromatic carbocycles. The minimum absolute atomic E-state index is 0. The zero-order valence-electron chi connectivity index (χ0n) is 14.1. The average Bonchev–Trinajstić information content (AvgIpc) is 3.12. The molecule has 25 heavy (non-hydrogen) atoms. The Bertz CT molecular complexity index is 561. The van der Waals surface area contributed by atoms with Crippen LogP contribution < -0.4 is 34.9 Å². The molecule has 1 N–H and O–H groups in total. The fourth-order valence-electron chi connectivity index (χ4n) is 2.55. The Morgan fingerprint density at radius 3 is 2.52 bits per heavy atom. The minimum Gasteiger partial charge on any atom is -1.00 e. The van der Waals surface area contributed by atoms with E-state index in [0.717, 1.165) is 51.7 Å². The minimum atomic E-state index is 0. The second-order valence-corrected chi connectivity index (χ2v) is 6.68. The smallest absolute Gasteiger partial charge is 0.122 e. The van der Waals surface area contributed by atoms with Crippen LogP contribution in [-0.4, -0.2) is 44.3 Å². The van der Waals surface area contributed by atoms with Crippen molar-refractivity contribution in [3.05, 3.63) is 52.2 Å². The predicted octanol–water partition coefficient (Wildman–Crippen LogP) is -3.24. The van der Waals surface area contributed by atoms with E-state index in [0.29, 0.717) is 6.61 Å². The summed E-state index contributed by atoms with van der Waals surface area (Å²) in [6.45, 7) is 7.49. The second-order valence-electron chi connectivity index (χ2n) is 5.64. The summed E-state index contributed by atoms with van der Waals surface area (Å²) in [6.07, 6.45) is 0. The largest absolute Gasteiger partial charge is 1.00 e. The zero-order valence-corrected chi connectivity index (χ0v) is 16.5. The molecule has 0 radical (unpaired) electrons. The Balaban J connectivity index is 0.00000156. The van der Waals surface area contributed by atoms with Crippen molar-refractivity contribution in [2.24, 2.45) is 0 Å². The Morgan fingerprint density at radius 1 is 1.08 bits per heavy atom. The van der Waals surface area contributed by atoms with Gasteiger partial charge in [0, 0.05) is 37.6 Å². The van der Waals surface area contributed by atoms with Gasteiger partial charge in [-0.2, -0.15) is 0 Å². The van der Waals surface area contributed by atoms with Crippen LogP contribution in [0.3, 0.4) is 0 Å². The molecule has 2 heterocycles. The van der Waals surface area contributed by atoms with Gasteiger partial charge in [0.05, 0.1) is 13.2 Å². The van der Waals surface area contributed by atoms with E-state index in [2.05, 4.69) is 39.9 Å². The van der Waals surface area contributed by atoms with Crippen molar-refractivity contribution in [2.75, 3.05) is 39.4 Å². The maximum absolute atomic E-state index is 5.78. The number of ether oxygens (including phenoxy) is 2. The van der Waals surface area contributed by atoms with Gasteiger partial charge in [-0.05, 0) is 29.1 Å². The Labute approximate surface area is 166 Å². The Kier molecular flexibility index (Phi) is 11.1. The van der Waals surface area contributed by atoms with E-state index in [1.807, 2.05) is 12.1 Å². The molecule has 1 saturated heterocycles. The highest BCUT2D eigenvalue weighted by molar-refractivity contribution is 7.09. The van der Waals surface area contributed by atoms with Crippen molar-refractivity contribution in [2.45, 2.75) is 13.2 Å². The molecular weight excluding hydrogens is 379 g/mol. The van der Waals surface area contributed by atoms with Gasteiger partial charge in [0.2, 0.25) is 0 Å². The number of thiophene rings is 1. The Hall–Kier alpha value is -0.820. The van der Waals surface area contributed by atoms with E-state index >= 15 is 0 Å². The number of morpholine rings is 1. The van der Waals surface area contributed by atoms with Crippen LogP contribution in [0.1, 0.15) is 10.4 Å². The van der Waals surface area contributed by atoms with Gasteiger partial charge < -0.3 is 39.6 Å². The fourth-order valence-corrected chi connectivity index (χ4v) is 3.16. The number of nitrogens with zero attached hydrogens (tertiary/aromatic N) is 1. The number of rotatable bonds is 8. The summed E-state index contributed by atoms with van der Waals surface area (Å²) in [6, 6.07) is 12.5. The maximum atomic E-state index is 5.78. The van der Waals surface area contributed by atoms with Gasteiger partial charge in [-0.15, -0.1) is 11.3 Å². The lowest BCUT2D eigenvalue weighted by Crippen LogP contribution is -3.00. The molecule has 7 heteroatoms. The number of hydrogen-bond donors (Lipinski definition) is 1. The van der Waals surface area contributed by atoms with E-state index in [1.54, 1.807) is 11.3 Å². The summed E-state index contributed by atoms with van der Waals surface area (Å²) in [5.41, 5.74) is 1.29. The summed E-state index contributed by atoms with van der Waals surface area (Å²) in [7, 11) is 0. The summed E-state index contributed by atoms with van der Waals surface area (Å²) in [5, 5.41) is 5.57. The van der Waals surface area contributed by atoms with Gasteiger partial charge >= 0.3 is 0 Å². The third kappa shape index (κ3) is 7.94. The SMILES string of the molecule is [Cl-].[Cl-].c1csc(COc2ccc(CNCCN3CCOCC3)cc2)c1. The highest BCUT2D eigenvalue weighted by atomic mass is 35.5. The van der Waals surface area contributed by atoms with Crippen molar-refractivity contribution < 1.29 is 34.3 Å². The van der Waals surface area contributed by atoms with E-state index in [1.165, 1.54) is 10.4 Å². The van der Waals surface area contributed by atoms with E-state index in [9.17, 15) is 0 Å². The van der Waals surface area contributed by atoms with Crippen molar-refractivity contribution in [1.82, 2.24) is 10.2 Å². The molecule has 2 aromatic rings. The molecule has 4 nitrogen and oxygen atoms in total. The molecule has 1 aromatic heterocycles. The predicted molar refractivity (Wildman–Crippen MR) is 94.1 cm³/mol. The molecule has 1 fully saturated rings. The number of nitrogens with one attached hydrogen (secondary N) is 1. The van der Waals surface area contributed by atoms with Gasteiger partial charge in [0.25, 0.3) is 0 Å². The van der Waals surface area contributed by atoms with Crippen molar-refractivity contribution in [3.63, 3.8) is 0 Å².